The van der Waals surface area contributed by atoms with Crippen molar-refractivity contribution in [1.82, 2.24) is 13.9 Å². The molecule has 0 aliphatic rings. The van der Waals surface area contributed by atoms with Crippen LogP contribution in [0.3, 0.4) is 0 Å². The van der Waals surface area contributed by atoms with Crippen LogP contribution in [0.2, 0.25) is 0 Å². The lowest BCUT2D eigenvalue weighted by atomic mass is 10.2. The Bertz CT molecular complexity index is 518. The predicted octanol–water partition coefficient (Wildman–Crippen LogP) is 2.41. The van der Waals surface area contributed by atoms with Crippen LogP contribution in [0.25, 0.3) is 0 Å². The normalized spacial score (nSPS) is 10.7. The first-order valence-electron chi connectivity index (χ1n) is 5.29. The molecule has 0 N–H and O–H groups in total. The summed E-state index contributed by atoms with van der Waals surface area (Å²) in [5, 5.41) is 0. The van der Waals surface area contributed by atoms with Gasteiger partial charge in [-0.15, -0.1) is 0 Å². The summed E-state index contributed by atoms with van der Waals surface area (Å²) in [5.74, 6) is 1.40. The van der Waals surface area contributed by atoms with E-state index in [1.54, 1.807) is 0 Å². The number of aryl methyl sites for hydroxylation is 2. The number of nitrogens with zero attached hydrogens (tertiary/aromatic N) is 3. The Kier molecular flexibility index (Phi) is 3.96. The number of carbonyl (C=O) groups is 1. The van der Waals surface area contributed by atoms with E-state index in [1.165, 1.54) is 23.3 Å². The molecule has 0 radical (unpaired) electrons. The fourth-order valence-corrected chi connectivity index (χ4v) is 2.91. The van der Waals surface area contributed by atoms with E-state index in [0.717, 1.165) is 22.1 Å². The van der Waals surface area contributed by atoms with Crippen LogP contribution in [0, 0.1) is 0 Å². The van der Waals surface area contributed by atoms with Crippen LogP contribution < -0.4 is 0 Å². The van der Waals surface area contributed by atoms with Crippen molar-refractivity contribution < 1.29 is 4.79 Å². The minimum atomic E-state index is 0.129. The smallest absolute Gasteiger partial charge is 0.174 e. The van der Waals surface area contributed by atoms with Crippen LogP contribution in [0.4, 0.5) is 0 Å². The number of ketones is 1. The molecule has 4 nitrogen and oxygen atoms in total. The van der Waals surface area contributed by atoms with Gasteiger partial charge in [-0.2, -0.15) is 4.37 Å². The Morgan fingerprint density at radius 3 is 3.00 bits per heavy atom. The largest absolute Gasteiger partial charge is 0.357 e. The monoisotopic (exact) mass is 267 g/mol. The summed E-state index contributed by atoms with van der Waals surface area (Å²) in [6, 6.07) is 1.83. The number of hydrogen-bond acceptors (Lipinski definition) is 5. The van der Waals surface area contributed by atoms with Crippen molar-refractivity contribution in [3.8, 4) is 0 Å². The molecular weight excluding hydrogens is 254 g/mol. The van der Waals surface area contributed by atoms with E-state index >= 15 is 0 Å². The Morgan fingerprint density at radius 1 is 1.59 bits per heavy atom. The van der Waals surface area contributed by atoms with Gasteiger partial charge in [-0.25, -0.2) is 4.98 Å². The summed E-state index contributed by atoms with van der Waals surface area (Å²) in [7, 11) is 1.90. The molecule has 0 aliphatic carbocycles. The molecule has 0 aliphatic heterocycles. The highest BCUT2D eigenvalue weighted by atomic mass is 32.2. The molecule has 0 aromatic carbocycles. The van der Waals surface area contributed by atoms with Gasteiger partial charge in [0.2, 0.25) is 0 Å². The van der Waals surface area contributed by atoms with E-state index in [1.807, 2.05) is 37.0 Å². The van der Waals surface area contributed by atoms with Gasteiger partial charge in [0.25, 0.3) is 0 Å². The molecule has 0 saturated heterocycles. The molecule has 2 rings (SSSR count). The Hall–Kier alpha value is -1.14. The summed E-state index contributed by atoms with van der Waals surface area (Å²) in [5.41, 5.74) is 0.750. The van der Waals surface area contributed by atoms with Crippen molar-refractivity contribution in [2.75, 3.05) is 5.75 Å². The molecule has 6 heteroatoms. The number of Topliss-reactive ketones (excluding diaryl/α,β-unsaturated/α-hetero) is 1. The van der Waals surface area contributed by atoms with Crippen LogP contribution in [0.5, 0.6) is 0 Å². The molecule has 0 spiro atoms. The lowest BCUT2D eigenvalue weighted by Gasteiger charge is -1.95. The van der Waals surface area contributed by atoms with Crippen molar-refractivity contribution in [3.63, 3.8) is 0 Å². The van der Waals surface area contributed by atoms with Gasteiger partial charge in [-0.3, -0.25) is 4.79 Å². The van der Waals surface area contributed by atoms with Crippen molar-refractivity contribution in [2.45, 2.75) is 17.7 Å². The third-order valence-electron chi connectivity index (χ3n) is 2.25. The fraction of sp³-hybridized carbons (Fsp3) is 0.364. The molecule has 0 bridgehead atoms. The van der Waals surface area contributed by atoms with E-state index in [2.05, 4.69) is 9.36 Å². The minimum absolute atomic E-state index is 0.129. The van der Waals surface area contributed by atoms with E-state index in [4.69, 9.17) is 0 Å². The first-order chi connectivity index (χ1) is 8.19. The molecule has 2 heterocycles. The van der Waals surface area contributed by atoms with Gasteiger partial charge in [0, 0.05) is 31.4 Å². The summed E-state index contributed by atoms with van der Waals surface area (Å²) >= 11 is 2.82. The van der Waals surface area contributed by atoms with Crippen LogP contribution in [0.1, 0.15) is 23.1 Å². The van der Waals surface area contributed by atoms with Gasteiger partial charge in [0.1, 0.15) is 5.82 Å². The molecule has 0 saturated carbocycles. The molecule has 17 heavy (non-hydrogen) atoms. The second-order valence-electron chi connectivity index (χ2n) is 3.61. The third kappa shape index (κ3) is 3.17. The maximum atomic E-state index is 11.8. The first-order valence-corrected chi connectivity index (χ1v) is 7.05. The molecule has 90 valence electrons. The summed E-state index contributed by atoms with van der Waals surface area (Å²) in [4.78, 5) is 16.1. The lowest BCUT2D eigenvalue weighted by Crippen LogP contribution is -2.00. The second kappa shape index (κ2) is 5.46. The van der Waals surface area contributed by atoms with Crippen LogP contribution >= 0.6 is 23.3 Å². The molecule has 0 atom stereocenters. The number of carbonyl (C=O) groups excluding carboxylic acids is 1. The van der Waals surface area contributed by atoms with E-state index < -0.39 is 0 Å². The molecule has 0 fully saturated rings. The fourth-order valence-electron chi connectivity index (χ4n) is 1.32. The molecule has 0 unspecified atom stereocenters. The van der Waals surface area contributed by atoms with Gasteiger partial charge in [-0.05, 0) is 17.6 Å². The van der Waals surface area contributed by atoms with Gasteiger partial charge in [0.15, 0.2) is 10.1 Å². The zero-order chi connectivity index (χ0) is 12.3. The van der Waals surface area contributed by atoms with Crippen LogP contribution in [-0.4, -0.2) is 25.5 Å². The number of aromatic nitrogens is 3. The van der Waals surface area contributed by atoms with Gasteiger partial charge in [-0.1, -0.05) is 18.7 Å². The summed E-state index contributed by atoms with van der Waals surface area (Å²) in [6.07, 6.45) is 4.54. The molecule has 2 aromatic rings. The topological polar surface area (TPSA) is 47.8 Å². The summed E-state index contributed by atoms with van der Waals surface area (Å²) < 4.78 is 6.92. The number of thioether (sulfide) groups is 1. The van der Waals surface area contributed by atoms with Crippen molar-refractivity contribution in [1.29, 1.82) is 0 Å². The highest BCUT2D eigenvalue weighted by Crippen LogP contribution is 2.21. The van der Waals surface area contributed by atoms with Crippen LogP contribution in [-0.2, 0) is 13.5 Å². The maximum Gasteiger partial charge on any atom is 0.174 e. The third-order valence-corrected chi connectivity index (χ3v) is 4.12. The Morgan fingerprint density at radius 2 is 2.41 bits per heavy atom. The SMILES string of the molecule is CCc1nsc(SCC(=O)c2ccn(C)c2)n1. The van der Waals surface area contributed by atoms with Crippen molar-refractivity contribution >= 4 is 29.1 Å². The number of hydrogen-bond donors (Lipinski definition) is 0. The van der Waals surface area contributed by atoms with E-state index in [-0.39, 0.29) is 5.78 Å². The quantitative estimate of drug-likeness (QED) is 0.616. The highest BCUT2D eigenvalue weighted by molar-refractivity contribution is 8.01. The molecular formula is C11H13N3OS2. The first kappa shape index (κ1) is 12.3. The van der Waals surface area contributed by atoms with Gasteiger partial charge in [0.05, 0.1) is 5.75 Å². The molecule has 0 amide bonds. The second-order valence-corrected chi connectivity index (χ2v) is 5.58. The Balaban J connectivity index is 1.92. The van der Waals surface area contributed by atoms with Gasteiger partial charge >= 0.3 is 0 Å². The highest BCUT2D eigenvalue weighted by Gasteiger charge is 2.10. The van der Waals surface area contributed by atoms with Crippen molar-refractivity contribution in [2.24, 2.45) is 7.05 Å². The van der Waals surface area contributed by atoms with E-state index in [0.29, 0.717) is 5.75 Å². The Labute approximate surface area is 108 Å². The summed E-state index contributed by atoms with van der Waals surface area (Å²) in [6.45, 7) is 2.02. The maximum absolute atomic E-state index is 11.8. The minimum Gasteiger partial charge on any atom is -0.357 e. The van der Waals surface area contributed by atoms with Crippen LogP contribution in [0.15, 0.2) is 22.8 Å². The average molecular weight is 267 g/mol. The zero-order valence-electron chi connectivity index (χ0n) is 9.71. The predicted molar refractivity (Wildman–Crippen MR) is 69.8 cm³/mol. The number of rotatable bonds is 5. The average Bonchev–Trinajstić information content (AvgIpc) is 2.94. The van der Waals surface area contributed by atoms with Crippen molar-refractivity contribution in [3.05, 3.63) is 29.8 Å². The standard InChI is InChI=1S/C11H13N3OS2/c1-3-10-12-11(17-13-10)16-7-9(15)8-4-5-14(2)6-8/h4-6H,3,7H2,1-2H3. The molecule has 2 aromatic heterocycles. The lowest BCUT2D eigenvalue weighted by molar-refractivity contribution is 0.102. The van der Waals surface area contributed by atoms with E-state index in [9.17, 15) is 4.79 Å². The zero-order valence-corrected chi connectivity index (χ0v) is 11.3. The van der Waals surface area contributed by atoms with Gasteiger partial charge < -0.3 is 4.57 Å².